The second-order valence-corrected chi connectivity index (χ2v) is 5.81. The molecule has 0 radical (unpaired) electrons. The van der Waals surface area contributed by atoms with Crippen LogP contribution in [0.3, 0.4) is 0 Å². The van der Waals surface area contributed by atoms with Crippen LogP contribution in [0.15, 0.2) is 60.9 Å². The molecule has 2 heterocycles. The van der Waals surface area contributed by atoms with Crippen LogP contribution in [0.2, 0.25) is 0 Å². The van der Waals surface area contributed by atoms with Gasteiger partial charge in [0.2, 0.25) is 0 Å². The minimum Gasteiger partial charge on any atom is -0.337 e. The average molecular weight is 298 g/mol. The molecular formula is C19H14N4. The number of hydrogen-bond acceptors (Lipinski definition) is 3. The third kappa shape index (κ3) is 1.69. The molecule has 1 unspecified atom stereocenters. The number of nitrogens with two attached hydrogens (primary N) is 1. The smallest absolute Gasteiger partial charge is 0.138 e. The van der Waals surface area contributed by atoms with Gasteiger partial charge in [0, 0.05) is 11.8 Å². The largest absolute Gasteiger partial charge is 0.337 e. The first-order valence-corrected chi connectivity index (χ1v) is 7.61. The minimum atomic E-state index is -0.122. The Morgan fingerprint density at radius 3 is 2.65 bits per heavy atom. The third-order valence-corrected chi connectivity index (χ3v) is 4.54. The van der Waals surface area contributed by atoms with Crippen LogP contribution in [0, 0.1) is 0 Å². The van der Waals surface area contributed by atoms with Crippen molar-refractivity contribution in [1.29, 1.82) is 0 Å². The maximum Gasteiger partial charge on any atom is 0.138 e. The number of nitrogens with zero attached hydrogens (tertiary/aromatic N) is 2. The summed E-state index contributed by atoms with van der Waals surface area (Å²) >= 11 is 0. The van der Waals surface area contributed by atoms with Gasteiger partial charge in [-0.15, -0.1) is 0 Å². The van der Waals surface area contributed by atoms with Crippen LogP contribution < -0.4 is 5.73 Å². The van der Waals surface area contributed by atoms with Crippen LogP contribution in [0.25, 0.3) is 33.5 Å². The molecule has 2 aromatic heterocycles. The number of aromatic nitrogens is 3. The van der Waals surface area contributed by atoms with E-state index < -0.39 is 0 Å². The molecule has 0 bridgehead atoms. The molecule has 3 N–H and O–H groups in total. The van der Waals surface area contributed by atoms with E-state index in [2.05, 4.69) is 46.4 Å². The summed E-state index contributed by atoms with van der Waals surface area (Å²) in [5.41, 5.74) is 14.2. The van der Waals surface area contributed by atoms with E-state index in [1.165, 1.54) is 16.7 Å². The van der Waals surface area contributed by atoms with Crippen LogP contribution in [-0.2, 0) is 0 Å². The maximum absolute atomic E-state index is 6.54. The number of H-pyrrole nitrogens is 1. The lowest BCUT2D eigenvalue weighted by atomic mass is 9.99. The molecule has 0 saturated heterocycles. The highest BCUT2D eigenvalue weighted by molar-refractivity contribution is 5.87. The fourth-order valence-corrected chi connectivity index (χ4v) is 3.50. The molecule has 23 heavy (non-hydrogen) atoms. The van der Waals surface area contributed by atoms with E-state index in [0.717, 1.165) is 28.0 Å². The monoisotopic (exact) mass is 298 g/mol. The van der Waals surface area contributed by atoms with Gasteiger partial charge in [-0.2, -0.15) is 0 Å². The summed E-state index contributed by atoms with van der Waals surface area (Å²) in [6.45, 7) is 0. The molecule has 2 aromatic carbocycles. The summed E-state index contributed by atoms with van der Waals surface area (Å²) in [6.07, 6.45) is 3.55. The molecule has 0 aliphatic heterocycles. The molecule has 1 atom stereocenters. The van der Waals surface area contributed by atoms with Gasteiger partial charge >= 0.3 is 0 Å². The Balaban J connectivity index is 1.78. The van der Waals surface area contributed by atoms with Gasteiger partial charge in [-0.05, 0) is 28.3 Å². The van der Waals surface area contributed by atoms with E-state index in [1.54, 1.807) is 12.4 Å². The fourth-order valence-electron chi connectivity index (χ4n) is 3.50. The Labute approximate surface area is 133 Å². The molecule has 110 valence electrons. The molecule has 1 aliphatic carbocycles. The van der Waals surface area contributed by atoms with Gasteiger partial charge in [0.05, 0.1) is 23.3 Å². The highest BCUT2D eigenvalue weighted by Gasteiger charge is 2.28. The first-order chi connectivity index (χ1) is 11.3. The van der Waals surface area contributed by atoms with Crippen LogP contribution in [0.4, 0.5) is 0 Å². The van der Waals surface area contributed by atoms with Crippen molar-refractivity contribution in [3.05, 3.63) is 72.1 Å². The molecule has 0 fully saturated rings. The normalized spacial score (nSPS) is 15.6. The van der Waals surface area contributed by atoms with Crippen molar-refractivity contribution < 1.29 is 0 Å². The van der Waals surface area contributed by atoms with Crippen molar-refractivity contribution in [3.8, 4) is 22.5 Å². The van der Waals surface area contributed by atoms with Crippen molar-refractivity contribution in [2.75, 3.05) is 0 Å². The van der Waals surface area contributed by atoms with Crippen molar-refractivity contribution in [3.63, 3.8) is 0 Å². The van der Waals surface area contributed by atoms with Crippen LogP contribution in [-0.4, -0.2) is 15.0 Å². The zero-order chi connectivity index (χ0) is 15.4. The zero-order valence-corrected chi connectivity index (χ0v) is 12.3. The number of imidazole rings is 1. The third-order valence-electron chi connectivity index (χ3n) is 4.54. The van der Waals surface area contributed by atoms with Gasteiger partial charge in [-0.3, -0.25) is 4.98 Å². The molecule has 0 spiro atoms. The van der Waals surface area contributed by atoms with Gasteiger partial charge < -0.3 is 10.7 Å². The molecule has 5 rings (SSSR count). The molecule has 4 aromatic rings. The van der Waals surface area contributed by atoms with Crippen molar-refractivity contribution >= 4 is 11.0 Å². The second-order valence-electron chi connectivity index (χ2n) is 5.81. The number of benzene rings is 2. The summed E-state index contributed by atoms with van der Waals surface area (Å²) < 4.78 is 0. The summed E-state index contributed by atoms with van der Waals surface area (Å²) in [4.78, 5) is 12.2. The maximum atomic E-state index is 6.54. The number of aromatic amines is 1. The summed E-state index contributed by atoms with van der Waals surface area (Å²) in [6, 6.07) is 16.4. The van der Waals surface area contributed by atoms with Gasteiger partial charge in [0.1, 0.15) is 5.82 Å². The molecule has 4 heteroatoms. The van der Waals surface area contributed by atoms with E-state index in [-0.39, 0.29) is 6.04 Å². The number of rotatable bonds is 1. The Morgan fingerprint density at radius 1 is 0.913 bits per heavy atom. The lowest BCUT2D eigenvalue weighted by molar-refractivity contribution is 0.901. The summed E-state index contributed by atoms with van der Waals surface area (Å²) in [7, 11) is 0. The lowest BCUT2D eigenvalue weighted by Gasteiger charge is -2.11. The Kier molecular flexibility index (Phi) is 2.46. The number of hydrogen-bond donors (Lipinski definition) is 2. The highest BCUT2D eigenvalue weighted by Crippen LogP contribution is 2.45. The number of pyridine rings is 1. The lowest BCUT2D eigenvalue weighted by Crippen LogP contribution is -2.09. The highest BCUT2D eigenvalue weighted by atomic mass is 14.9. The Bertz CT molecular complexity index is 1020. The Hall–Kier alpha value is -2.98. The van der Waals surface area contributed by atoms with Crippen molar-refractivity contribution in [2.24, 2.45) is 5.73 Å². The topological polar surface area (TPSA) is 67.6 Å². The van der Waals surface area contributed by atoms with E-state index in [9.17, 15) is 0 Å². The van der Waals surface area contributed by atoms with Crippen molar-refractivity contribution in [1.82, 2.24) is 15.0 Å². The molecule has 4 nitrogen and oxygen atoms in total. The van der Waals surface area contributed by atoms with Gasteiger partial charge in [0.15, 0.2) is 0 Å². The SMILES string of the molecule is NC1c2ccccc2-c2cccc(-c3nc4ccncc4[nH]3)c21. The van der Waals surface area contributed by atoms with E-state index in [1.807, 2.05) is 12.1 Å². The molecular weight excluding hydrogens is 284 g/mol. The first-order valence-electron chi connectivity index (χ1n) is 7.61. The second kappa shape index (κ2) is 4.51. The first kappa shape index (κ1) is 12.6. The molecule has 1 aliphatic rings. The molecule has 0 amide bonds. The van der Waals surface area contributed by atoms with Gasteiger partial charge in [-0.1, -0.05) is 42.5 Å². The molecule has 0 saturated carbocycles. The number of fused-ring (bicyclic) bond motifs is 4. The van der Waals surface area contributed by atoms with Crippen LogP contribution in [0.1, 0.15) is 17.2 Å². The van der Waals surface area contributed by atoms with Crippen LogP contribution >= 0.6 is 0 Å². The van der Waals surface area contributed by atoms with E-state index in [4.69, 9.17) is 10.7 Å². The predicted molar refractivity (Wildman–Crippen MR) is 90.8 cm³/mol. The van der Waals surface area contributed by atoms with E-state index >= 15 is 0 Å². The van der Waals surface area contributed by atoms with Gasteiger partial charge in [0.25, 0.3) is 0 Å². The quantitative estimate of drug-likeness (QED) is 0.563. The zero-order valence-electron chi connectivity index (χ0n) is 12.3. The van der Waals surface area contributed by atoms with Gasteiger partial charge in [-0.25, -0.2) is 4.98 Å². The fraction of sp³-hybridized carbons (Fsp3) is 0.0526. The summed E-state index contributed by atoms with van der Waals surface area (Å²) in [5, 5.41) is 0. The summed E-state index contributed by atoms with van der Waals surface area (Å²) in [5.74, 6) is 0.841. The average Bonchev–Trinajstić information content (AvgIpc) is 3.15. The standard InChI is InChI=1S/C19H14N4/c20-18-13-5-2-1-4-11(13)12-6-3-7-14(17(12)18)19-22-15-8-9-21-10-16(15)23-19/h1-10,18H,20H2,(H,22,23). The van der Waals surface area contributed by atoms with E-state index in [0.29, 0.717) is 0 Å². The number of nitrogens with one attached hydrogen (secondary N) is 1. The minimum absolute atomic E-state index is 0.122. The Morgan fingerprint density at radius 2 is 1.74 bits per heavy atom. The van der Waals surface area contributed by atoms with Crippen molar-refractivity contribution in [2.45, 2.75) is 6.04 Å². The van der Waals surface area contributed by atoms with Crippen LogP contribution in [0.5, 0.6) is 0 Å². The predicted octanol–water partition coefficient (Wildman–Crippen LogP) is 3.65.